The van der Waals surface area contributed by atoms with E-state index in [1.54, 1.807) is 32.4 Å². The second-order valence-electron chi connectivity index (χ2n) is 6.86. The van der Waals surface area contributed by atoms with Crippen LogP contribution in [0.4, 0.5) is 5.69 Å². The van der Waals surface area contributed by atoms with Crippen LogP contribution in [0, 0.1) is 6.92 Å². The third-order valence-corrected chi connectivity index (χ3v) is 4.76. The Labute approximate surface area is 170 Å². The minimum Gasteiger partial charge on any atom is -0.507 e. The molecule has 0 aliphatic carbocycles. The number of aryl methyl sites for hydroxylation is 3. The van der Waals surface area contributed by atoms with Crippen LogP contribution in [0.25, 0.3) is 0 Å². The molecule has 5 nitrogen and oxygen atoms in total. The van der Waals surface area contributed by atoms with Crippen molar-refractivity contribution in [3.63, 3.8) is 0 Å². The van der Waals surface area contributed by atoms with Crippen LogP contribution in [0.3, 0.4) is 0 Å². The smallest absolute Gasteiger partial charge is 0.259 e. The van der Waals surface area contributed by atoms with Crippen molar-refractivity contribution in [2.24, 2.45) is 0 Å². The Bertz CT molecular complexity index is 996. The first-order valence-electron chi connectivity index (χ1n) is 9.41. The maximum atomic E-state index is 12.4. The van der Waals surface area contributed by atoms with Crippen LogP contribution in [-0.4, -0.2) is 25.2 Å². The highest BCUT2D eigenvalue weighted by molar-refractivity contribution is 6.06. The molecule has 5 heteroatoms. The number of methoxy groups -OCH3 is 2. The molecule has 0 saturated carbocycles. The lowest BCUT2D eigenvalue weighted by molar-refractivity contribution is 0.102. The van der Waals surface area contributed by atoms with E-state index >= 15 is 0 Å². The second kappa shape index (κ2) is 9.15. The van der Waals surface area contributed by atoms with Gasteiger partial charge in [0.2, 0.25) is 0 Å². The molecule has 0 bridgehead atoms. The molecule has 0 heterocycles. The van der Waals surface area contributed by atoms with E-state index in [9.17, 15) is 9.90 Å². The van der Waals surface area contributed by atoms with Gasteiger partial charge in [-0.3, -0.25) is 4.79 Å². The molecular formula is C24H25NO4. The normalized spacial score (nSPS) is 10.4. The molecule has 0 aromatic heterocycles. The van der Waals surface area contributed by atoms with E-state index in [1.165, 1.54) is 0 Å². The van der Waals surface area contributed by atoms with Crippen molar-refractivity contribution >= 4 is 11.6 Å². The van der Waals surface area contributed by atoms with E-state index in [4.69, 9.17) is 9.47 Å². The molecule has 0 atom stereocenters. The summed E-state index contributed by atoms with van der Waals surface area (Å²) in [6, 6.07) is 18.6. The Morgan fingerprint density at radius 2 is 1.52 bits per heavy atom. The lowest BCUT2D eigenvalue weighted by Crippen LogP contribution is -2.12. The van der Waals surface area contributed by atoms with Crippen LogP contribution < -0.4 is 14.8 Å². The fourth-order valence-corrected chi connectivity index (χ4v) is 3.11. The summed E-state index contributed by atoms with van der Waals surface area (Å²) in [6.45, 7) is 1.86. The molecular weight excluding hydrogens is 366 g/mol. The minimum absolute atomic E-state index is 0.0194. The predicted octanol–water partition coefficient (Wildman–Crippen LogP) is 4.76. The number of aromatic hydroxyl groups is 1. The van der Waals surface area contributed by atoms with Crippen molar-refractivity contribution in [1.29, 1.82) is 0 Å². The van der Waals surface area contributed by atoms with E-state index < -0.39 is 0 Å². The van der Waals surface area contributed by atoms with Gasteiger partial charge in [0.25, 0.3) is 5.91 Å². The number of amides is 1. The molecule has 3 aromatic carbocycles. The summed E-state index contributed by atoms with van der Waals surface area (Å²) < 4.78 is 10.6. The van der Waals surface area contributed by atoms with Gasteiger partial charge in [-0.15, -0.1) is 0 Å². The SMILES string of the molecule is COc1ccc(CCc2ccc(NC(=O)c3ccc(C)cc3O)cc2)cc1OC. The first kappa shape index (κ1) is 20.3. The summed E-state index contributed by atoms with van der Waals surface area (Å²) in [4.78, 5) is 12.4. The van der Waals surface area contributed by atoms with Gasteiger partial charge in [-0.25, -0.2) is 0 Å². The van der Waals surface area contributed by atoms with E-state index in [-0.39, 0.29) is 17.2 Å². The molecule has 0 aliphatic heterocycles. The Hall–Kier alpha value is -3.47. The average Bonchev–Trinajstić information content (AvgIpc) is 2.72. The number of ether oxygens (including phenoxy) is 2. The van der Waals surface area contributed by atoms with Gasteiger partial charge in [-0.05, 0) is 72.9 Å². The van der Waals surface area contributed by atoms with Gasteiger partial charge in [0.05, 0.1) is 19.8 Å². The maximum absolute atomic E-state index is 12.4. The van der Waals surface area contributed by atoms with Crippen LogP contribution in [0.5, 0.6) is 17.2 Å². The van der Waals surface area contributed by atoms with Crippen molar-refractivity contribution in [1.82, 2.24) is 0 Å². The molecule has 0 fully saturated rings. The number of nitrogens with one attached hydrogen (secondary N) is 1. The number of carbonyl (C=O) groups excluding carboxylic acids is 1. The van der Waals surface area contributed by atoms with Crippen LogP contribution in [0.2, 0.25) is 0 Å². The summed E-state index contributed by atoms with van der Waals surface area (Å²) in [7, 11) is 3.25. The summed E-state index contributed by atoms with van der Waals surface area (Å²) in [5, 5.41) is 12.8. The monoisotopic (exact) mass is 391 g/mol. The largest absolute Gasteiger partial charge is 0.507 e. The van der Waals surface area contributed by atoms with Crippen molar-refractivity contribution in [3.8, 4) is 17.2 Å². The zero-order valence-electron chi connectivity index (χ0n) is 16.9. The van der Waals surface area contributed by atoms with Crippen molar-refractivity contribution in [2.45, 2.75) is 19.8 Å². The number of phenolic OH excluding ortho intramolecular Hbond substituents is 1. The number of benzene rings is 3. The highest BCUT2D eigenvalue weighted by Gasteiger charge is 2.11. The molecule has 3 rings (SSSR count). The second-order valence-corrected chi connectivity index (χ2v) is 6.86. The van der Waals surface area contributed by atoms with Gasteiger partial charge in [0.1, 0.15) is 5.75 Å². The third kappa shape index (κ3) is 5.08. The highest BCUT2D eigenvalue weighted by atomic mass is 16.5. The number of hydrogen-bond acceptors (Lipinski definition) is 4. The standard InChI is InChI=1S/C24H25NO4/c1-16-4-12-20(21(26)14-16)24(27)25-19-10-7-17(8-11-19)5-6-18-9-13-22(28-2)23(15-18)29-3/h4,7-15,26H,5-6H2,1-3H3,(H,25,27). The topological polar surface area (TPSA) is 67.8 Å². The summed E-state index contributed by atoms with van der Waals surface area (Å²) in [6.07, 6.45) is 1.73. The van der Waals surface area contributed by atoms with Gasteiger partial charge in [0, 0.05) is 5.69 Å². The lowest BCUT2D eigenvalue weighted by Gasteiger charge is -2.10. The summed E-state index contributed by atoms with van der Waals surface area (Å²) >= 11 is 0. The van der Waals surface area contributed by atoms with E-state index in [2.05, 4.69) is 5.32 Å². The molecule has 2 N–H and O–H groups in total. The number of hydrogen-bond donors (Lipinski definition) is 2. The van der Waals surface area contributed by atoms with Crippen molar-refractivity contribution in [2.75, 3.05) is 19.5 Å². The van der Waals surface area contributed by atoms with Gasteiger partial charge in [-0.2, -0.15) is 0 Å². The number of anilines is 1. The Kier molecular flexibility index (Phi) is 6.39. The van der Waals surface area contributed by atoms with Crippen LogP contribution >= 0.6 is 0 Å². The van der Waals surface area contributed by atoms with Gasteiger partial charge < -0.3 is 19.9 Å². The Morgan fingerprint density at radius 1 is 0.862 bits per heavy atom. The van der Waals surface area contributed by atoms with E-state index in [0.717, 1.165) is 41.0 Å². The third-order valence-electron chi connectivity index (χ3n) is 4.76. The minimum atomic E-state index is -0.333. The zero-order chi connectivity index (χ0) is 20.8. The lowest BCUT2D eigenvalue weighted by atomic mass is 10.0. The quantitative estimate of drug-likeness (QED) is 0.610. The number of rotatable bonds is 7. The zero-order valence-corrected chi connectivity index (χ0v) is 16.9. The molecule has 0 unspecified atom stereocenters. The molecule has 0 spiro atoms. The van der Waals surface area contributed by atoms with Crippen LogP contribution in [0.15, 0.2) is 60.7 Å². The van der Waals surface area contributed by atoms with E-state index in [1.807, 2.05) is 49.4 Å². The van der Waals surface area contributed by atoms with Gasteiger partial charge >= 0.3 is 0 Å². The first-order chi connectivity index (χ1) is 14.0. The fourth-order valence-electron chi connectivity index (χ4n) is 3.11. The molecule has 29 heavy (non-hydrogen) atoms. The van der Waals surface area contributed by atoms with E-state index in [0.29, 0.717) is 5.69 Å². The molecule has 0 radical (unpaired) electrons. The van der Waals surface area contributed by atoms with Crippen molar-refractivity contribution in [3.05, 3.63) is 82.9 Å². The molecule has 1 amide bonds. The number of phenols is 1. The van der Waals surface area contributed by atoms with Crippen LogP contribution in [0.1, 0.15) is 27.0 Å². The first-order valence-corrected chi connectivity index (χ1v) is 9.41. The highest BCUT2D eigenvalue weighted by Crippen LogP contribution is 2.28. The molecule has 0 saturated heterocycles. The van der Waals surface area contributed by atoms with Crippen molar-refractivity contribution < 1.29 is 19.4 Å². The molecule has 3 aromatic rings. The molecule has 150 valence electrons. The predicted molar refractivity (Wildman–Crippen MR) is 114 cm³/mol. The Morgan fingerprint density at radius 3 is 2.17 bits per heavy atom. The maximum Gasteiger partial charge on any atom is 0.259 e. The average molecular weight is 391 g/mol. The summed E-state index contributed by atoms with van der Waals surface area (Å²) in [5.41, 5.74) is 4.17. The summed E-state index contributed by atoms with van der Waals surface area (Å²) in [5.74, 6) is 1.09. The number of carbonyl (C=O) groups is 1. The fraction of sp³-hybridized carbons (Fsp3) is 0.208. The molecule has 0 aliphatic rings. The van der Waals surface area contributed by atoms with Gasteiger partial charge in [-0.1, -0.05) is 24.3 Å². The Balaban J connectivity index is 1.61. The van der Waals surface area contributed by atoms with Crippen LogP contribution in [-0.2, 0) is 12.8 Å². The van der Waals surface area contributed by atoms with Gasteiger partial charge in [0.15, 0.2) is 11.5 Å².